The lowest BCUT2D eigenvalue weighted by atomic mass is 9.48. The molecule has 0 spiro atoms. The molecule has 0 atom stereocenters. The van der Waals surface area contributed by atoms with Crippen molar-refractivity contribution >= 4 is 5.57 Å². The first kappa shape index (κ1) is 15.3. The minimum Gasteiger partial charge on any atom is -0.496 e. The van der Waals surface area contributed by atoms with Crippen LogP contribution in [0, 0.1) is 17.8 Å². The van der Waals surface area contributed by atoms with Crippen LogP contribution in [0.3, 0.4) is 0 Å². The van der Waals surface area contributed by atoms with E-state index < -0.39 is 0 Å². The zero-order valence-electron chi connectivity index (χ0n) is 14.9. The summed E-state index contributed by atoms with van der Waals surface area (Å²) >= 11 is 0. The van der Waals surface area contributed by atoms with Gasteiger partial charge >= 0.3 is 0 Å². The molecule has 4 aliphatic carbocycles. The third kappa shape index (κ3) is 2.44. The molecule has 5 rings (SSSR count). The van der Waals surface area contributed by atoms with E-state index in [0.717, 1.165) is 29.9 Å². The Kier molecular flexibility index (Phi) is 3.78. The van der Waals surface area contributed by atoms with Crippen molar-refractivity contribution in [2.75, 3.05) is 7.11 Å². The molecule has 4 aliphatic rings. The largest absolute Gasteiger partial charge is 0.496 e. The average molecular weight is 310 g/mol. The number of ether oxygens (including phenoxy) is 1. The summed E-state index contributed by atoms with van der Waals surface area (Å²) in [5.74, 6) is 4.05. The predicted molar refractivity (Wildman–Crippen MR) is 96.8 cm³/mol. The molecule has 0 saturated heterocycles. The first-order valence-electron chi connectivity index (χ1n) is 9.51. The Morgan fingerprint density at radius 2 is 1.74 bits per heavy atom. The number of benzene rings is 1. The Morgan fingerprint density at radius 3 is 2.22 bits per heavy atom. The molecule has 0 aliphatic heterocycles. The molecule has 124 valence electrons. The van der Waals surface area contributed by atoms with E-state index in [1.165, 1.54) is 55.2 Å². The third-order valence-electron chi connectivity index (χ3n) is 6.91. The van der Waals surface area contributed by atoms with Crippen molar-refractivity contribution in [3.63, 3.8) is 0 Å². The fourth-order valence-corrected chi connectivity index (χ4v) is 6.34. The number of rotatable bonds is 4. The van der Waals surface area contributed by atoms with Gasteiger partial charge in [0.05, 0.1) is 7.11 Å². The maximum Gasteiger partial charge on any atom is 0.122 e. The van der Waals surface area contributed by atoms with E-state index in [-0.39, 0.29) is 0 Å². The van der Waals surface area contributed by atoms with Gasteiger partial charge in [-0.05, 0) is 98.3 Å². The molecule has 0 amide bonds. The highest BCUT2D eigenvalue weighted by Crippen LogP contribution is 2.62. The molecule has 4 bridgehead atoms. The van der Waals surface area contributed by atoms with E-state index in [4.69, 9.17) is 4.74 Å². The van der Waals surface area contributed by atoms with Crippen molar-refractivity contribution in [3.05, 3.63) is 35.4 Å². The van der Waals surface area contributed by atoms with Crippen LogP contribution in [-0.2, 0) is 5.41 Å². The molecule has 1 aromatic carbocycles. The predicted octanol–water partition coefficient (Wildman–Crippen LogP) is 5.98. The number of methoxy groups -OCH3 is 1. The van der Waals surface area contributed by atoms with E-state index in [0.29, 0.717) is 5.41 Å². The van der Waals surface area contributed by atoms with Gasteiger partial charge in [0.1, 0.15) is 5.75 Å². The van der Waals surface area contributed by atoms with Crippen LogP contribution in [-0.4, -0.2) is 7.11 Å². The number of allylic oxidation sites excluding steroid dienone is 2. The topological polar surface area (TPSA) is 9.23 Å². The highest BCUT2D eigenvalue weighted by molar-refractivity contribution is 5.67. The van der Waals surface area contributed by atoms with E-state index in [9.17, 15) is 0 Å². The molecule has 4 fully saturated rings. The zero-order chi connectivity index (χ0) is 16.0. The Bertz CT molecular complexity index is 590. The number of hydrogen-bond donors (Lipinski definition) is 0. The molecule has 23 heavy (non-hydrogen) atoms. The Morgan fingerprint density at radius 1 is 1.13 bits per heavy atom. The zero-order valence-corrected chi connectivity index (χ0v) is 14.9. The summed E-state index contributed by atoms with van der Waals surface area (Å²) in [4.78, 5) is 0. The fraction of sp³-hybridized carbons (Fsp3) is 0.636. The number of hydrogen-bond acceptors (Lipinski definition) is 1. The molecule has 0 aromatic heterocycles. The highest BCUT2D eigenvalue weighted by Gasteiger charge is 2.52. The molecule has 4 saturated carbocycles. The summed E-state index contributed by atoms with van der Waals surface area (Å²) in [5, 5.41) is 0. The standard InChI is InChI=1S/C22H30O/c1-4-18(5-2)19-6-7-21(23-3)20(11-19)22-12-15-8-16(13-22)10-17(9-15)14-22/h4,6-7,11,15-17H,5,8-10,12-14H2,1-3H3. The molecular weight excluding hydrogens is 280 g/mol. The van der Waals surface area contributed by atoms with Gasteiger partial charge < -0.3 is 4.74 Å². The lowest BCUT2D eigenvalue weighted by Gasteiger charge is -2.57. The quantitative estimate of drug-likeness (QED) is 0.665. The second kappa shape index (κ2) is 5.69. The Labute approximate surface area is 141 Å². The third-order valence-corrected chi connectivity index (χ3v) is 6.91. The summed E-state index contributed by atoms with van der Waals surface area (Å²) in [5.41, 5.74) is 4.78. The minimum absolute atomic E-state index is 0.405. The summed E-state index contributed by atoms with van der Waals surface area (Å²) < 4.78 is 5.82. The summed E-state index contributed by atoms with van der Waals surface area (Å²) in [6.07, 6.45) is 12.1. The van der Waals surface area contributed by atoms with Gasteiger partial charge in [0.2, 0.25) is 0 Å². The molecular formula is C22H30O. The van der Waals surface area contributed by atoms with Gasteiger partial charge in [0.25, 0.3) is 0 Å². The van der Waals surface area contributed by atoms with Gasteiger partial charge in [0.15, 0.2) is 0 Å². The first-order valence-corrected chi connectivity index (χ1v) is 9.51. The summed E-state index contributed by atoms with van der Waals surface area (Å²) in [7, 11) is 1.84. The van der Waals surface area contributed by atoms with Gasteiger partial charge in [-0.25, -0.2) is 0 Å². The first-order chi connectivity index (χ1) is 11.2. The molecule has 0 radical (unpaired) electrons. The molecule has 0 heterocycles. The van der Waals surface area contributed by atoms with Crippen LogP contribution >= 0.6 is 0 Å². The van der Waals surface area contributed by atoms with Gasteiger partial charge in [-0.2, -0.15) is 0 Å². The van der Waals surface area contributed by atoms with E-state index in [2.05, 4.69) is 38.1 Å². The molecule has 1 nitrogen and oxygen atoms in total. The van der Waals surface area contributed by atoms with Crippen molar-refractivity contribution in [1.29, 1.82) is 0 Å². The maximum absolute atomic E-state index is 5.82. The van der Waals surface area contributed by atoms with Gasteiger partial charge in [-0.15, -0.1) is 0 Å². The fourth-order valence-electron chi connectivity index (χ4n) is 6.34. The van der Waals surface area contributed by atoms with Crippen LogP contribution < -0.4 is 4.74 Å². The van der Waals surface area contributed by atoms with Crippen molar-refractivity contribution in [2.24, 2.45) is 17.8 Å². The van der Waals surface area contributed by atoms with Crippen LogP contribution in [0.2, 0.25) is 0 Å². The van der Waals surface area contributed by atoms with E-state index >= 15 is 0 Å². The van der Waals surface area contributed by atoms with Crippen LogP contribution in [0.15, 0.2) is 24.3 Å². The average Bonchev–Trinajstić information content (AvgIpc) is 2.54. The lowest BCUT2D eigenvalue weighted by Crippen LogP contribution is -2.48. The molecule has 0 unspecified atom stereocenters. The van der Waals surface area contributed by atoms with Crippen LogP contribution in [0.1, 0.15) is 69.9 Å². The van der Waals surface area contributed by atoms with Crippen LogP contribution in [0.5, 0.6) is 5.75 Å². The summed E-state index contributed by atoms with van der Waals surface area (Å²) in [6, 6.07) is 6.95. The molecule has 0 N–H and O–H groups in total. The van der Waals surface area contributed by atoms with Crippen LogP contribution in [0.25, 0.3) is 5.57 Å². The minimum atomic E-state index is 0.405. The van der Waals surface area contributed by atoms with Crippen LogP contribution in [0.4, 0.5) is 0 Å². The second-order valence-corrected chi connectivity index (χ2v) is 8.28. The Hall–Kier alpha value is -1.24. The monoisotopic (exact) mass is 310 g/mol. The normalized spacial score (nSPS) is 35.6. The lowest BCUT2D eigenvalue weighted by molar-refractivity contribution is -0.00616. The van der Waals surface area contributed by atoms with Gasteiger partial charge in [0, 0.05) is 5.56 Å². The Balaban J connectivity index is 1.79. The second-order valence-electron chi connectivity index (χ2n) is 8.28. The van der Waals surface area contributed by atoms with Crippen molar-refractivity contribution < 1.29 is 4.74 Å². The molecule has 1 heteroatoms. The SMILES string of the molecule is CC=C(CC)c1ccc(OC)c(C23CC4CC(CC(C4)C2)C3)c1. The highest BCUT2D eigenvalue weighted by atomic mass is 16.5. The van der Waals surface area contributed by atoms with E-state index in [1.54, 1.807) is 0 Å². The van der Waals surface area contributed by atoms with Gasteiger partial charge in [-0.3, -0.25) is 0 Å². The smallest absolute Gasteiger partial charge is 0.122 e. The summed E-state index contributed by atoms with van der Waals surface area (Å²) in [6.45, 7) is 4.41. The van der Waals surface area contributed by atoms with Crippen molar-refractivity contribution in [3.8, 4) is 5.75 Å². The van der Waals surface area contributed by atoms with Crippen molar-refractivity contribution in [2.45, 2.75) is 64.2 Å². The van der Waals surface area contributed by atoms with Gasteiger partial charge in [-0.1, -0.05) is 19.1 Å². The van der Waals surface area contributed by atoms with E-state index in [1.807, 2.05) is 7.11 Å². The van der Waals surface area contributed by atoms with Crippen molar-refractivity contribution in [1.82, 2.24) is 0 Å². The maximum atomic E-state index is 5.82. The molecule has 1 aromatic rings.